The molecule has 7 aromatic carbocycles. The van der Waals surface area contributed by atoms with E-state index < -0.39 is 0 Å². The minimum atomic E-state index is 0.691. The summed E-state index contributed by atoms with van der Waals surface area (Å²) in [6.45, 7) is 0. The van der Waals surface area contributed by atoms with Gasteiger partial charge in [0.15, 0.2) is 5.82 Å². The summed E-state index contributed by atoms with van der Waals surface area (Å²) in [5, 5.41) is 3.39. The number of hydrogen-bond donors (Lipinski definition) is 0. The molecule has 3 heterocycles. The molecule has 1 aliphatic carbocycles. The van der Waals surface area contributed by atoms with Crippen molar-refractivity contribution >= 4 is 44.5 Å². The van der Waals surface area contributed by atoms with Crippen molar-refractivity contribution in [2.45, 2.75) is 12.8 Å². The van der Waals surface area contributed by atoms with E-state index in [1.165, 1.54) is 44.4 Å². The van der Waals surface area contributed by atoms with E-state index in [0.29, 0.717) is 5.82 Å². The van der Waals surface area contributed by atoms with Crippen molar-refractivity contribution < 1.29 is 4.42 Å². The Bertz CT molecular complexity index is 3050. The first-order valence-corrected chi connectivity index (χ1v) is 19.2. The highest BCUT2D eigenvalue weighted by Gasteiger charge is 2.24. The van der Waals surface area contributed by atoms with Gasteiger partial charge in [0.2, 0.25) is 0 Å². The van der Waals surface area contributed by atoms with Crippen molar-refractivity contribution in [1.82, 2.24) is 14.5 Å². The first-order valence-electron chi connectivity index (χ1n) is 19.2. The minimum absolute atomic E-state index is 0.691. The van der Waals surface area contributed by atoms with Gasteiger partial charge in [-0.2, -0.15) is 0 Å². The van der Waals surface area contributed by atoms with E-state index in [1.807, 2.05) is 36.4 Å². The quantitative estimate of drug-likeness (QED) is 0.172. The van der Waals surface area contributed by atoms with Crippen LogP contribution in [0.5, 0.6) is 0 Å². The Morgan fingerprint density at radius 2 is 1.12 bits per heavy atom. The van der Waals surface area contributed by atoms with Gasteiger partial charge >= 0.3 is 0 Å². The van der Waals surface area contributed by atoms with Crippen LogP contribution in [-0.2, 0) is 6.42 Å². The molecule has 0 radical (unpaired) electrons. The maximum absolute atomic E-state index is 6.75. The van der Waals surface area contributed by atoms with Gasteiger partial charge in [-0.1, -0.05) is 146 Å². The zero-order chi connectivity index (χ0) is 37.0. The summed E-state index contributed by atoms with van der Waals surface area (Å²) < 4.78 is 9.19. The van der Waals surface area contributed by atoms with Crippen LogP contribution in [0.4, 0.5) is 0 Å². The molecule has 4 heteroatoms. The number of fused-ring (bicyclic) bond motifs is 6. The largest absolute Gasteiger partial charge is 0.456 e. The van der Waals surface area contributed by atoms with Gasteiger partial charge in [-0.15, -0.1) is 0 Å². The molecule has 1 aliphatic rings. The van der Waals surface area contributed by atoms with Crippen LogP contribution in [0.25, 0.3) is 95.2 Å². The zero-order valence-electron chi connectivity index (χ0n) is 30.6. The van der Waals surface area contributed by atoms with Crippen molar-refractivity contribution in [3.63, 3.8) is 0 Å². The summed E-state index contributed by atoms with van der Waals surface area (Å²) >= 11 is 0. The molecule has 4 nitrogen and oxygen atoms in total. The van der Waals surface area contributed by atoms with Crippen molar-refractivity contribution in [2.24, 2.45) is 0 Å². The van der Waals surface area contributed by atoms with E-state index in [4.69, 9.17) is 14.4 Å². The number of hydrogen-bond acceptors (Lipinski definition) is 3. The average Bonchev–Trinajstić information content (AvgIpc) is 3.82. The van der Waals surface area contributed by atoms with Crippen LogP contribution in [0.15, 0.2) is 186 Å². The second kappa shape index (κ2) is 13.2. The molecule has 0 aliphatic heterocycles. The second-order valence-electron chi connectivity index (χ2n) is 14.5. The SMILES string of the molecule is C1=C(c2ccccc2)CCc2c1n(-c1ccc3c(c1)oc1cccc(-c4cc(-c5ccccc5)nc(-c5ccccc5)n4)c13)c1cc(-c3ccccc3)ccc21. The van der Waals surface area contributed by atoms with Gasteiger partial charge in [-0.25, -0.2) is 9.97 Å². The highest BCUT2D eigenvalue weighted by Crippen LogP contribution is 2.42. The zero-order valence-corrected chi connectivity index (χ0v) is 30.6. The summed E-state index contributed by atoms with van der Waals surface area (Å²) in [4.78, 5) is 10.2. The lowest BCUT2D eigenvalue weighted by Crippen LogP contribution is -2.03. The van der Waals surface area contributed by atoms with Gasteiger partial charge in [-0.3, -0.25) is 0 Å². The summed E-state index contributed by atoms with van der Waals surface area (Å²) in [7, 11) is 0. The Kier molecular flexibility index (Phi) is 7.59. The Hall–Kier alpha value is -7.30. The van der Waals surface area contributed by atoms with Gasteiger partial charge in [0.05, 0.1) is 22.6 Å². The fraction of sp³-hybridized carbons (Fsp3) is 0.0385. The summed E-state index contributed by atoms with van der Waals surface area (Å²) in [5.74, 6) is 0.691. The van der Waals surface area contributed by atoms with E-state index in [9.17, 15) is 0 Å². The van der Waals surface area contributed by atoms with E-state index in [-0.39, 0.29) is 0 Å². The second-order valence-corrected chi connectivity index (χ2v) is 14.5. The molecular weight excluding hydrogens is 683 g/mol. The third-order valence-electron chi connectivity index (χ3n) is 11.2. The van der Waals surface area contributed by atoms with Crippen LogP contribution in [0, 0.1) is 0 Å². The number of nitrogens with zero attached hydrogens (tertiary/aromatic N) is 3. The third-order valence-corrected chi connectivity index (χ3v) is 11.2. The van der Waals surface area contributed by atoms with Gasteiger partial charge in [0.25, 0.3) is 0 Å². The van der Waals surface area contributed by atoms with Crippen LogP contribution >= 0.6 is 0 Å². The number of aromatic nitrogens is 3. The predicted molar refractivity (Wildman–Crippen MR) is 231 cm³/mol. The Morgan fingerprint density at radius 3 is 1.88 bits per heavy atom. The standard InChI is InChI=1S/C52H35N3O/c1-5-14-34(15-6-1)38-24-27-41-42-28-25-39(35-16-7-2-8-17-35)31-48(42)55(47(41)30-38)40-26-29-44-50(32-40)56-49-23-13-22-43(51(44)49)46-33-45(36-18-9-3-10-19-36)53-52(54-46)37-20-11-4-12-21-37/h1-24,26-27,29-33H,25,28H2. The summed E-state index contributed by atoms with van der Waals surface area (Å²) in [6.07, 6.45) is 4.39. The molecule has 0 saturated carbocycles. The van der Waals surface area contributed by atoms with Gasteiger partial charge in [0, 0.05) is 44.6 Å². The molecule has 0 saturated heterocycles. The Morgan fingerprint density at radius 1 is 0.464 bits per heavy atom. The van der Waals surface area contributed by atoms with E-state index >= 15 is 0 Å². The molecule has 10 aromatic rings. The van der Waals surface area contributed by atoms with Crippen LogP contribution in [0.2, 0.25) is 0 Å². The molecule has 0 N–H and O–H groups in total. The highest BCUT2D eigenvalue weighted by molar-refractivity contribution is 6.12. The molecule has 3 aromatic heterocycles. The summed E-state index contributed by atoms with van der Waals surface area (Å²) in [6, 6.07) is 63.9. The smallest absolute Gasteiger partial charge is 0.160 e. The summed E-state index contributed by atoms with van der Waals surface area (Å²) in [5.41, 5.74) is 16.3. The maximum atomic E-state index is 6.75. The molecule has 11 rings (SSSR count). The van der Waals surface area contributed by atoms with Crippen LogP contribution < -0.4 is 0 Å². The topological polar surface area (TPSA) is 43.9 Å². The highest BCUT2D eigenvalue weighted by atomic mass is 16.3. The van der Waals surface area contributed by atoms with Crippen LogP contribution in [-0.4, -0.2) is 14.5 Å². The number of benzene rings is 7. The van der Waals surface area contributed by atoms with Crippen molar-refractivity contribution in [2.75, 3.05) is 0 Å². The number of rotatable bonds is 6. The predicted octanol–water partition coefficient (Wildman–Crippen LogP) is 13.5. The molecular formula is C52H35N3O. The third kappa shape index (κ3) is 5.46. The van der Waals surface area contributed by atoms with Crippen molar-refractivity contribution in [1.29, 1.82) is 0 Å². The monoisotopic (exact) mass is 717 g/mol. The van der Waals surface area contributed by atoms with Crippen LogP contribution in [0.3, 0.4) is 0 Å². The lowest BCUT2D eigenvalue weighted by molar-refractivity contribution is 0.668. The fourth-order valence-corrected chi connectivity index (χ4v) is 8.48. The van der Waals surface area contributed by atoms with Crippen LogP contribution in [0.1, 0.15) is 23.2 Å². The molecule has 0 amide bonds. The lowest BCUT2D eigenvalue weighted by atomic mass is 9.91. The van der Waals surface area contributed by atoms with E-state index in [0.717, 1.165) is 68.5 Å². The van der Waals surface area contributed by atoms with Crippen molar-refractivity contribution in [3.05, 3.63) is 199 Å². The average molecular weight is 718 g/mol. The maximum Gasteiger partial charge on any atom is 0.160 e. The first kappa shape index (κ1) is 32.2. The van der Waals surface area contributed by atoms with Crippen molar-refractivity contribution in [3.8, 4) is 50.7 Å². The molecule has 0 atom stereocenters. The molecule has 0 fully saturated rings. The Labute approximate surface area is 324 Å². The van der Waals surface area contributed by atoms with E-state index in [1.54, 1.807) is 0 Å². The molecule has 0 bridgehead atoms. The first-order chi connectivity index (χ1) is 27.7. The normalized spacial score (nSPS) is 12.6. The van der Waals surface area contributed by atoms with Gasteiger partial charge in [-0.05, 0) is 77.1 Å². The van der Waals surface area contributed by atoms with Gasteiger partial charge in [0.1, 0.15) is 11.2 Å². The number of furan rings is 1. The lowest BCUT2D eigenvalue weighted by Gasteiger charge is -2.17. The molecule has 0 unspecified atom stereocenters. The minimum Gasteiger partial charge on any atom is -0.456 e. The van der Waals surface area contributed by atoms with Gasteiger partial charge < -0.3 is 8.98 Å². The number of aryl methyl sites for hydroxylation is 1. The number of allylic oxidation sites excluding steroid dienone is 1. The molecule has 56 heavy (non-hydrogen) atoms. The van der Waals surface area contributed by atoms with E-state index in [2.05, 4.69) is 156 Å². The fourth-order valence-electron chi connectivity index (χ4n) is 8.48. The Balaban J connectivity index is 1.11. The molecule has 0 spiro atoms. The molecule has 264 valence electrons.